The molecular formula is C14H13N3O2S2. The molecule has 0 fully saturated rings. The van der Waals surface area contributed by atoms with Gasteiger partial charge in [0.1, 0.15) is 11.3 Å². The number of ether oxygens (including phenoxy) is 1. The first-order valence-corrected chi connectivity index (χ1v) is 7.82. The SMILES string of the molecule is COc1cc(N)cc2sc(NC(=O)c3ccc(C)s3)nc12. The number of nitrogen functional groups attached to an aromatic ring is 1. The number of benzene rings is 1. The van der Waals surface area contributed by atoms with Crippen LogP contribution in [0.5, 0.6) is 5.75 Å². The molecule has 0 spiro atoms. The summed E-state index contributed by atoms with van der Waals surface area (Å²) in [6, 6.07) is 7.26. The van der Waals surface area contributed by atoms with E-state index in [9.17, 15) is 4.79 Å². The molecule has 2 aromatic heterocycles. The summed E-state index contributed by atoms with van der Waals surface area (Å²) < 4.78 is 6.15. The number of hydrogen-bond acceptors (Lipinski definition) is 6. The fourth-order valence-electron chi connectivity index (χ4n) is 1.94. The summed E-state index contributed by atoms with van der Waals surface area (Å²) >= 11 is 2.82. The number of carbonyl (C=O) groups is 1. The molecule has 21 heavy (non-hydrogen) atoms. The molecule has 0 aliphatic carbocycles. The van der Waals surface area contributed by atoms with Crippen molar-refractivity contribution in [1.29, 1.82) is 0 Å². The van der Waals surface area contributed by atoms with Crippen molar-refractivity contribution in [3.8, 4) is 5.75 Å². The Hall–Kier alpha value is -2.12. The Morgan fingerprint density at radius 2 is 2.14 bits per heavy atom. The third kappa shape index (κ3) is 2.70. The summed E-state index contributed by atoms with van der Waals surface area (Å²) in [5, 5.41) is 3.35. The van der Waals surface area contributed by atoms with Crippen molar-refractivity contribution in [1.82, 2.24) is 4.98 Å². The predicted molar refractivity (Wildman–Crippen MR) is 87.6 cm³/mol. The van der Waals surface area contributed by atoms with Crippen LogP contribution in [0.25, 0.3) is 10.2 Å². The Morgan fingerprint density at radius 1 is 1.33 bits per heavy atom. The highest BCUT2D eigenvalue weighted by Gasteiger charge is 2.14. The maximum atomic E-state index is 12.1. The molecular weight excluding hydrogens is 306 g/mol. The van der Waals surface area contributed by atoms with E-state index in [0.29, 0.717) is 27.0 Å². The molecule has 0 aliphatic heterocycles. The van der Waals surface area contributed by atoms with Crippen molar-refractivity contribution >= 4 is 49.6 Å². The molecule has 0 unspecified atom stereocenters. The Balaban J connectivity index is 1.93. The lowest BCUT2D eigenvalue weighted by Gasteiger charge is -2.01. The van der Waals surface area contributed by atoms with Gasteiger partial charge in [-0.3, -0.25) is 10.1 Å². The maximum absolute atomic E-state index is 12.1. The first kappa shape index (κ1) is 13.8. The van der Waals surface area contributed by atoms with E-state index in [0.717, 1.165) is 9.58 Å². The molecule has 0 bridgehead atoms. The van der Waals surface area contributed by atoms with Crippen LogP contribution in [0.15, 0.2) is 24.3 Å². The molecule has 3 N–H and O–H groups in total. The fraction of sp³-hybridized carbons (Fsp3) is 0.143. The number of amides is 1. The van der Waals surface area contributed by atoms with Gasteiger partial charge in [-0.15, -0.1) is 11.3 Å². The molecule has 2 heterocycles. The number of thiazole rings is 1. The number of hydrogen-bond donors (Lipinski definition) is 2. The number of fused-ring (bicyclic) bond motifs is 1. The molecule has 0 saturated carbocycles. The second-order valence-corrected chi connectivity index (χ2v) is 6.77. The molecule has 0 saturated heterocycles. The minimum atomic E-state index is -0.154. The molecule has 0 radical (unpaired) electrons. The topological polar surface area (TPSA) is 77.2 Å². The van der Waals surface area contributed by atoms with E-state index in [2.05, 4.69) is 10.3 Å². The Kier molecular flexibility index (Phi) is 3.52. The van der Waals surface area contributed by atoms with Crippen molar-refractivity contribution in [2.24, 2.45) is 0 Å². The predicted octanol–water partition coefficient (Wildman–Crippen LogP) is 3.51. The second kappa shape index (κ2) is 5.34. The number of rotatable bonds is 3. The van der Waals surface area contributed by atoms with Gasteiger partial charge < -0.3 is 10.5 Å². The van der Waals surface area contributed by atoms with Gasteiger partial charge >= 0.3 is 0 Å². The van der Waals surface area contributed by atoms with Crippen molar-refractivity contribution in [2.45, 2.75) is 6.92 Å². The van der Waals surface area contributed by atoms with Gasteiger partial charge in [0.05, 0.1) is 16.7 Å². The number of anilines is 2. The zero-order valence-corrected chi connectivity index (χ0v) is 13.1. The summed E-state index contributed by atoms with van der Waals surface area (Å²) in [5.41, 5.74) is 7.13. The monoisotopic (exact) mass is 319 g/mol. The Morgan fingerprint density at radius 3 is 2.81 bits per heavy atom. The van der Waals surface area contributed by atoms with Gasteiger partial charge in [-0.05, 0) is 25.1 Å². The second-order valence-electron chi connectivity index (χ2n) is 4.45. The van der Waals surface area contributed by atoms with Gasteiger partial charge in [0.25, 0.3) is 5.91 Å². The van der Waals surface area contributed by atoms with Crippen LogP contribution in [-0.2, 0) is 0 Å². The molecule has 0 atom stereocenters. The average Bonchev–Trinajstić information content (AvgIpc) is 3.03. The largest absolute Gasteiger partial charge is 0.494 e. The van der Waals surface area contributed by atoms with Crippen molar-refractivity contribution < 1.29 is 9.53 Å². The molecule has 108 valence electrons. The van der Waals surface area contributed by atoms with Crippen LogP contribution in [0.2, 0.25) is 0 Å². The van der Waals surface area contributed by atoms with Crippen molar-refractivity contribution in [2.75, 3.05) is 18.2 Å². The van der Waals surface area contributed by atoms with Gasteiger partial charge in [-0.1, -0.05) is 11.3 Å². The molecule has 7 heteroatoms. The third-order valence-corrected chi connectivity index (χ3v) is 4.80. The van der Waals surface area contributed by atoms with Crippen LogP contribution >= 0.6 is 22.7 Å². The zero-order valence-electron chi connectivity index (χ0n) is 11.5. The minimum absolute atomic E-state index is 0.154. The fourth-order valence-corrected chi connectivity index (χ4v) is 3.63. The highest BCUT2D eigenvalue weighted by molar-refractivity contribution is 7.22. The Bertz CT molecular complexity index is 823. The lowest BCUT2D eigenvalue weighted by Crippen LogP contribution is -2.09. The van der Waals surface area contributed by atoms with Crippen molar-refractivity contribution in [3.63, 3.8) is 0 Å². The van der Waals surface area contributed by atoms with Gasteiger partial charge in [-0.25, -0.2) is 4.98 Å². The summed E-state index contributed by atoms with van der Waals surface area (Å²) in [6.45, 7) is 1.97. The highest BCUT2D eigenvalue weighted by atomic mass is 32.1. The van der Waals surface area contributed by atoms with Crippen LogP contribution in [0, 0.1) is 6.92 Å². The number of nitrogens with zero attached hydrogens (tertiary/aromatic N) is 1. The first-order valence-electron chi connectivity index (χ1n) is 6.18. The number of nitrogens with one attached hydrogen (secondary N) is 1. The van der Waals surface area contributed by atoms with Gasteiger partial charge in [0, 0.05) is 16.6 Å². The summed E-state index contributed by atoms with van der Waals surface area (Å²) in [4.78, 5) is 18.3. The van der Waals surface area contributed by atoms with Crippen LogP contribution in [-0.4, -0.2) is 18.0 Å². The maximum Gasteiger partial charge on any atom is 0.267 e. The summed E-state index contributed by atoms with van der Waals surface area (Å²) in [7, 11) is 1.57. The number of aromatic nitrogens is 1. The smallest absolute Gasteiger partial charge is 0.267 e. The molecule has 0 aliphatic rings. The van der Waals surface area contributed by atoms with E-state index in [1.807, 2.05) is 19.1 Å². The quantitative estimate of drug-likeness (QED) is 0.724. The molecule has 1 aromatic carbocycles. The van der Waals surface area contributed by atoms with Crippen LogP contribution in [0.4, 0.5) is 10.8 Å². The minimum Gasteiger partial charge on any atom is -0.494 e. The zero-order chi connectivity index (χ0) is 15.0. The van der Waals surface area contributed by atoms with E-state index in [1.165, 1.54) is 22.7 Å². The molecule has 3 rings (SSSR count). The average molecular weight is 319 g/mol. The summed E-state index contributed by atoms with van der Waals surface area (Å²) in [5.74, 6) is 0.452. The lowest BCUT2D eigenvalue weighted by molar-refractivity contribution is 0.103. The van der Waals surface area contributed by atoms with Gasteiger partial charge in [0.15, 0.2) is 5.13 Å². The van der Waals surface area contributed by atoms with Gasteiger partial charge in [-0.2, -0.15) is 0 Å². The van der Waals surface area contributed by atoms with Crippen LogP contribution < -0.4 is 15.8 Å². The number of nitrogens with two attached hydrogens (primary N) is 1. The van der Waals surface area contributed by atoms with E-state index in [-0.39, 0.29) is 5.91 Å². The number of thiophene rings is 1. The van der Waals surface area contributed by atoms with E-state index in [1.54, 1.807) is 19.2 Å². The van der Waals surface area contributed by atoms with E-state index in [4.69, 9.17) is 10.5 Å². The molecule has 5 nitrogen and oxygen atoms in total. The standard InChI is InChI=1S/C14H13N3O2S2/c1-7-3-4-10(20-7)13(18)17-14-16-12-9(19-2)5-8(15)6-11(12)21-14/h3-6H,15H2,1-2H3,(H,16,17,18). The molecule has 1 amide bonds. The van der Waals surface area contributed by atoms with Gasteiger partial charge in [0.2, 0.25) is 0 Å². The van der Waals surface area contributed by atoms with E-state index < -0.39 is 0 Å². The lowest BCUT2D eigenvalue weighted by atomic mass is 10.3. The number of aryl methyl sites for hydroxylation is 1. The Labute approximate surface area is 129 Å². The number of carbonyl (C=O) groups excluding carboxylic acids is 1. The van der Waals surface area contributed by atoms with Crippen LogP contribution in [0.1, 0.15) is 14.5 Å². The highest BCUT2D eigenvalue weighted by Crippen LogP contribution is 2.34. The van der Waals surface area contributed by atoms with E-state index >= 15 is 0 Å². The third-order valence-electron chi connectivity index (χ3n) is 2.89. The first-order chi connectivity index (χ1) is 10.1. The molecule has 3 aromatic rings. The van der Waals surface area contributed by atoms with Crippen LogP contribution in [0.3, 0.4) is 0 Å². The number of methoxy groups -OCH3 is 1. The van der Waals surface area contributed by atoms with Crippen molar-refractivity contribution in [3.05, 3.63) is 34.0 Å². The normalized spacial score (nSPS) is 10.8. The summed E-state index contributed by atoms with van der Waals surface area (Å²) in [6.07, 6.45) is 0.